The molecular weight excluding hydrogens is 172 g/mol. The molecule has 0 radical (unpaired) electrons. The van der Waals surface area contributed by atoms with Gasteiger partial charge in [-0.1, -0.05) is 20.6 Å². The van der Waals surface area contributed by atoms with Crippen molar-refractivity contribution >= 4 is 11.9 Å². The van der Waals surface area contributed by atoms with Crippen molar-refractivity contribution in [3.05, 3.63) is 32.2 Å². The van der Waals surface area contributed by atoms with E-state index < -0.39 is 11.9 Å². The molecule has 0 aliphatic carbocycles. The Kier molecular flexibility index (Phi) is 22.4. The minimum absolute atomic E-state index is 0. The summed E-state index contributed by atoms with van der Waals surface area (Å²) < 4.78 is 0. The lowest BCUT2D eigenvalue weighted by atomic mass is 10.4. The molecule has 13 heavy (non-hydrogen) atoms. The van der Waals surface area contributed by atoms with Crippen LogP contribution in [0.5, 0.6) is 0 Å². The Morgan fingerprint density at radius 3 is 1.46 bits per heavy atom. The van der Waals surface area contributed by atoms with Gasteiger partial charge in [-0.15, -0.1) is 0 Å². The number of hydrogen-bond acceptors (Lipinski definition) is 4. The van der Waals surface area contributed by atoms with Gasteiger partial charge in [0.2, 0.25) is 0 Å². The third-order valence-corrected chi connectivity index (χ3v) is 0.515. The Morgan fingerprint density at radius 1 is 1.31 bits per heavy atom. The van der Waals surface area contributed by atoms with Crippen LogP contribution in [0.3, 0.4) is 0 Å². The fourth-order valence-electron chi connectivity index (χ4n) is 0. The largest absolute Gasteiger partial charge is 0.545 e. The molecule has 0 saturated carbocycles. The van der Waals surface area contributed by atoms with Crippen molar-refractivity contribution in [2.75, 3.05) is 0 Å². The summed E-state index contributed by atoms with van der Waals surface area (Å²) in [5, 5.41) is 18.6. The maximum atomic E-state index is 9.49. The number of carboxylic acids is 2. The third kappa shape index (κ3) is 38.4. The Labute approximate surface area is 79.2 Å². The van der Waals surface area contributed by atoms with Gasteiger partial charge in [0, 0.05) is 7.43 Å². The molecule has 0 atom stereocenters. The molecule has 76 valence electrons. The van der Waals surface area contributed by atoms with Crippen molar-refractivity contribution in [1.29, 1.82) is 0 Å². The van der Waals surface area contributed by atoms with E-state index in [0.717, 1.165) is 6.08 Å². The highest BCUT2D eigenvalue weighted by Gasteiger charge is 1.76. The summed E-state index contributed by atoms with van der Waals surface area (Å²) in [6, 6.07) is 0. The number of aliphatic carboxylic acids is 2. The van der Waals surface area contributed by atoms with Crippen molar-refractivity contribution < 1.29 is 19.8 Å². The van der Waals surface area contributed by atoms with Crippen molar-refractivity contribution in [1.82, 2.24) is 0 Å². The zero-order valence-electron chi connectivity index (χ0n) is 7.12. The molecule has 0 spiro atoms. The summed E-state index contributed by atoms with van der Waals surface area (Å²) in [7, 11) is 0. The molecule has 0 bridgehead atoms. The minimum atomic E-state index is -1.23. The molecule has 0 fully saturated rings. The predicted octanol–water partition coefficient (Wildman–Crippen LogP) is -0.679. The van der Waals surface area contributed by atoms with Crippen LogP contribution in [0, 0.1) is 7.43 Å². The van der Waals surface area contributed by atoms with Crippen LogP contribution in [0.4, 0.5) is 0 Å². The zero-order chi connectivity index (χ0) is 9.44. The van der Waals surface area contributed by atoms with Gasteiger partial charge < -0.3 is 19.8 Å². The summed E-state index contributed by atoms with van der Waals surface area (Å²) in [4.78, 5) is 18.6. The van der Waals surface area contributed by atoms with Crippen molar-refractivity contribution in [2.45, 2.75) is 14.4 Å². The van der Waals surface area contributed by atoms with E-state index in [0.29, 0.717) is 0 Å². The van der Waals surface area contributed by atoms with Crippen LogP contribution in [0.2, 0.25) is 0 Å². The van der Waals surface area contributed by atoms with E-state index in [1.165, 1.54) is 6.92 Å². The first-order valence-electron chi connectivity index (χ1n) is 2.62. The van der Waals surface area contributed by atoms with Gasteiger partial charge in [0.25, 0.3) is 0 Å². The fraction of sp³-hybridized carbons (Fsp3) is 0.222. The van der Waals surface area contributed by atoms with Gasteiger partial charge in [-0.3, -0.25) is 0 Å². The Morgan fingerprint density at radius 2 is 1.46 bits per heavy atom. The van der Waals surface area contributed by atoms with E-state index in [2.05, 4.69) is 13.2 Å². The maximum absolute atomic E-state index is 9.49. The number of carbonyl (C=O) groups excluding carboxylic acids is 2. The SMILES string of the molecule is C.C=C(C)C(=O)[O-].C=CC(=O)[O-].[CH3+]. The number of hydrogen-bond donors (Lipinski definition) is 0. The highest BCUT2D eigenvalue weighted by atomic mass is 16.4. The molecule has 4 nitrogen and oxygen atoms in total. The quantitative estimate of drug-likeness (QED) is 0.424. The second-order valence-electron chi connectivity index (χ2n) is 1.59. The highest BCUT2D eigenvalue weighted by molar-refractivity contribution is 5.82. The number of carboxylic acid groups (broad SMARTS) is 2. The Balaban J connectivity index is -0.0000000546. The molecule has 0 aromatic carbocycles. The molecule has 4 heteroatoms. The lowest BCUT2D eigenvalue weighted by Gasteiger charge is -1.93. The third-order valence-electron chi connectivity index (χ3n) is 0.515. The average molecular weight is 187 g/mol. The summed E-state index contributed by atoms with van der Waals surface area (Å²) in [5.41, 5.74) is 0.0648. The van der Waals surface area contributed by atoms with Crippen LogP contribution < -0.4 is 10.2 Å². The molecule has 0 aliphatic heterocycles. The second-order valence-corrected chi connectivity index (χ2v) is 1.59. The van der Waals surface area contributed by atoms with Crippen LogP contribution in [-0.4, -0.2) is 11.9 Å². The van der Waals surface area contributed by atoms with E-state index in [-0.39, 0.29) is 20.4 Å². The van der Waals surface area contributed by atoms with Gasteiger partial charge in [-0.2, -0.15) is 0 Å². The van der Waals surface area contributed by atoms with Gasteiger partial charge in [0.05, 0.1) is 11.9 Å². The Hall–Kier alpha value is -1.71. The molecule has 0 aliphatic rings. The lowest BCUT2D eigenvalue weighted by molar-refractivity contribution is -0.299. The first kappa shape index (κ1) is 22.5. The average Bonchev–Trinajstić information content (AvgIpc) is 1.89. The molecular formula is C9H15O4-. The predicted molar refractivity (Wildman–Crippen MR) is 48.2 cm³/mol. The molecule has 0 aromatic heterocycles. The van der Waals surface area contributed by atoms with Gasteiger partial charge in [-0.05, 0) is 18.6 Å². The molecule has 0 saturated heterocycles. The first-order valence-corrected chi connectivity index (χ1v) is 2.62. The zero-order valence-corrected chi connectivity index (χ0v) is 7.12. The molecule has 0 heterocycles. The fourth-order valence-corrected chi connectivity index (χ4v) is 0. The van der Waals surface area contributed by atoms with Crippen LogP contribution in [0.15, 0.2) is 24.8 Å². The molecule has 0 aromatic rings. The van der Waals surface area contributed by atoms with E-state index in [4.69, 9.17) is 9.90 Å². The van der Waals surface area contributed by atoms with Gasteiger partial charge in [0.1, 0.15) is 0 Å². The number of carbonyl (C=O) groups is 2. The molecule has 0 N–H and O–H groups in total. The smallest absolute Gasteiger partial charge is 0.0666 e. The van der Waals surface area contributed by atoms with Gasteiger partial charge in [0.15, 0.2) is 0 Å². The van der Waals surface area contributed by atoms with E-state index in [1.807, 2.05) is 0 Å². The van der Waals surface area contributed by atoms with Crippen LogP contribution >= 0.6 is 0 Å². The van der Waals surface area contributed by atoms with Gasteiger partial charge >= 0.3 is 0 Å². The van der Waals surface area contributed by atoms with Crippen LogP contribution in [0.1, 0.15) is 14.4 Å². The summed E-state index contributed by atoms with van der Waals surface area (Å²) >= 11 is 0. The standard InChI is InChI=1S/C4H6O2.C3H4O2.CH4.CH3/c1-3(2)4(5)6;1-2-3(4)5;;/h1H2,2H3,(H,5,6);2H,1H2,(H,4,5);1H4;1H3/q;;;+1/p-2. The van der Waals surface area contributed by atoms with Gasteiger partial charge in [-0.25, -0.2) is 0 Å². The normalized spacial score (nSPS) is 5.92. The van der Waals surface area contributed by atoms with E-state index in [9.17, 15) is 9.90 Å². The number of rotatable bonds is 2. The molecule has 0 amide bonds. The van der Waals surface area contributed by atoms with Crippen molar-refractivity contribution in [2.24, 2.45) is 0 Å². The topological polar surface area (TPSA) is 80.3 Å². The molecule has 0 rings (SSSR count). The summed E-state index contributed by atoms with van der Waals surface area (Å²) in [6.07, 6.45) is 0.722. The lowest BCUT2D eigenvalue weighted by Crippen LogP contribution is -2.22. The highest BCUT2D eigenvalue weighted by Crippen LogP contribution is 1.77. The second kappa shape index (κ2) is 12.9. The molecule has 0 unspecified atom stereocenters. The van der Waals surface area contributed by atoms with Crippen LogP contribution in [0.25, 0.3) is 0 Å². The maximum Gasteiger partial charge on any atom is 0.0666 e. The Bertz CT molecular complexity index is 170. The summed E-state index contributed by atoms with van der Waals surface area (Å²) in [5.74, 6) is -2.42. The van der Waals surface area contributed by atoms with Crippen molar-refractivity contribution in [3.63, 3.8) is 0 Å². The van der Waals surface area contributed by atoms with E-state index >= 15 is 0 Å². The minimum Gasteiger partial charge on any atom is -0.545 e. The monoisotopic (exact) mass is 187 g/mol. The van der Waals surface area contributed by atoms with Crippen LogP contribution in [-0.2, 0) is 9.59 Å². The van der Waals surface area contributed by atoms with E-state index in [1.54, 1.807) is 0 Å². The summed E-state index contributed by atoms with van der Waals surface area (Å²) in [6.45, 7) is 7.38. The first-order chi connectivity index (χ1) is 4.91. The van der Waals surface area contributed by atoms with Crippen molar-refractivity contribution in [3.8, 4) is 0 Å².